The van der Waals surface area contributed by atoms with Crippen LogP contribution in [0.15, 0.2) is 41.1 Å². The second-order valence-electron chi connectivity index (χ2n) is 9.59. The predicted molar refractivity (Wildman–Crippen MR) is 131 cm³/mol. The molecule has 4 N–H and O–H groups in total. The third kappa shape index (κ3) is 6.10. The van der Waals surface area contributed by atoms with Gasteiger partial charge in [0.1, 0.15) is 17.8 Å². The number of nitrogens with one attached hydrogen (secondary N) is 2. The lowest BCUT2D eigenvalue weighted by Gasteiger charge is -2.24. The lowest BCUT2D eigenvalue weighted by atomic mass is 10.1. The number of aryl methyl sites for hydroxylation is 1. The van der Waals surface area contributed by atoms with Gasteiger partial charge < -0.3 is 39.6 Å². The molecule has 2 aromatic rings. The van der Waals surface area contributed by atoms with Gasteiger partial charge in [-0.05, 0) is 24.3 Å². The molecule has 2 fully saturated rings. The number of carbonyl (C=O) groups is 6. The number of rotatable bonds is 9. The van der Waals surface area contributed by atoms with E-state index >= 15 is 0 Å². The van der Waals surface area contributed by atoms with Gasteiger partial charge >= 0.3 is 11.9 Å². The average Bonchev–Trinajstić information content (AvgIpc) is 3.68. The molecule has 0 spiro atoms. The first-order chi connectivity index (χ1) is 18.5. The Balaban J connectivity index is 1.33. The zero-order valence-electron chi connectivity index (χ0n) is 21.1. The van der Waals surface area contributed by atoms with E-state index in [4.69, 9.17) is 4.42 Å². The summed E-state index contributed by atoms with van der Waals surface area (Å²) in [4.78, 5) is 76.5. The lowest BCUT2D eigenvalue weighted by molar-refractivity contribution is -0.150. The highest BCUT2D eigenvalue weighted by molar-refractivity contribution is 5.94. The SMILES string of the molecule is Cn1cccc1C(=O)NC1CC(C(=O)O)N(C(=O)CCC(=O)N2CC(NC(=O)c3ccco3)CC2C(=O)O)C1. The van der Waals surface area contributed by atoms with Crippen molar-refractivity contribution in [1.82, 2.24) is 25.0 Å². The highest BCUT2D eigenvalue weighted by Gasteiger charge is 2.42. The summed E-state index contributed by atoms with van der Waals surface area (Å²) in [7, 11) is 1.70. The van der Waals surface area contributed by atoms with Crippen molar-refractivity contribution in [2.24, 2.45) is 7.05 Å². The fraction of sp³-hybridized carbons (Fsp3) is 0.440. The summed E-state index contributed by atoms with van der Waals surface area (Å²) in [6, 6.07) is 2.70. The quantitative estimate of drug-likeness (QED) is 0.328. The molecule has 4 amide bonds. The normalized spacial score (nSPS) is 22.5. The van der Waals surface area contributed by atoms with E-state index in [0.29, 0.717) is 5.69 Å². The lowest BCUT2D eigenvalue weighted by Crippen LogP contribution is -2.43. The van der Waals surface area contributed by atoms with Gasteiger partial charge in [-0.3, -0.25) is 19.2 Å². The Morgan fingerprint density at radius 3 is 1.82 bits per heavy atom. The Morgan fingerprint density at radius 1 is 0.846 bits per heavy atom. The molecule has 4 atom stereocenters. The molecule has 0 radical (unpaired) electrons. The summed E-state index contributed by atoms with van der Waals surface area (Å²) >= 11 is 0. The van der Waals surface area contributed by atoms with Crippen molar-refractivity contribution >= 4 is 35.6 Å². The van der Waals surface area contributed by atoms with Gasteiger partial charge in [0, 0.05) is 64.1 Å². The van der Waals surface area contributed by atoms with Crippen LogP contribution in [0.2, 0.25) is 0 Å². The van der Waals surface area contributed by atoms with Crippen LogP contribution in [0.25, 0.3) is 0 Å². The zero-order chi connectivity index (χ0) is 28.3. The van der Waals surface area contributed by atoms with Crippen LogP contribution in [-0.4, -0.2) is 97.4 Å². The van der Waals surface area contributed by atoms with Gasteiger partial charge in [0.05, 0.1) is 6.26 Å². The van der Waals surface area contributed by atoms with Crippen molar-refractivity contribution in [2.75, 3.05) is 13.1 Å². The van der Waals surface area contributed by atoms with Crippen molar-refractivity contribution in [2.45, 2.75) is 49.9 Å². The first-order valence-electron chi connectivity index (χ1n) is 12.4. The summed E-state index contributed by atoms with van der Waals surface area (Å²) in [6.07, 6.45) is 2.33. The van der Waals surface area contributed by atoms with Crippen molar-refractivity contribution in [1.29, 1.82) is 0 Å². The third-order valence-corrected chi connectivity index (χ3v) is 6.96. The number of likely N-dealkylation sites (tertiary alicyclic amines) is 2. The first-order valence-corrected chi connectivity index (χ1v) is 12.4. The van der Waals surface area contributed by atoms with E-state index in [1.165, 1.54) is 18.4 Å². The standard InChI is InChI=1S/C25H29N5O9/c1-28-8-2-4-16(28)22(33)26-14-10-17(24(35)36)29(12-14)20(31)6-7-21(32)30-13-15(11-18(30)25(37)38)27-23(34)19-5-3-9-39-19/h2-5,8-9,14-15,17-18H,6-7,10-13H2,1H3,(H,26,33)(H,27,34)(H,35,36)(H,37,38). The molecule has 208 valence electrons. The van der Waals surface area contributed by atoms with Crippen molar-refractivity contribution in [3.05, 3.63) is 48.2 Å². The maximum Gasteiger partial charge on any atom is 0.326 e. The van der Waals surface area contributed by atoms with Crippen LogP contribution in [0, 0.1) is 0 Å². The number of hydrogen-bond donors (Lipinski definition) is 4. The summed E-state index contributed by atoms with van der Waals surface area (Å²) in [6.45, 7) is -0.104. The average molecular weight is 544 g/mol. The topological polar surface area (TPSA) is 191 Å². The van der Waals surface area contributed by atoms with Gasteiger partial charge in [0.25, 0.3) is 11.8 Å². The molecule has 0 bridgehead atoms. The van der Waals surface area contributed by atoms with Crippen LogP contribution in [0.1, 0.15) is 46.7 Å². The molecule has 2 aliphatic heterocycles. The van der Waals surface area contributed by atoms with E-state index in [1.54, 1.807) is 29.9 Å². The molecule has 0 aromatic carbocycles. The number of carbonyl (C=O) groups excluding carboxylic acids is 4. The Labute approximate surface area is 222 Å². The van der Waals surface area contributed by atoms with Crippen molar-refractivity contribution in [3.8, 4) is 0 Å². The molecule has 2 saturated heterocycles. The van der Waals surface area contributed by atoms with E-state index in [2.05, 4.69) is 10.6 Å². The minimum absolute atomic E-state index is 0.00937. The molecule has 2 aliphatic rings. The number of nitrogens with zero attached hydrogens (tertiary/aromatic N) is 3. The third-order valence-electron chi connectivity index (χ3n) is 6.96. The second-order valence-corrected chi connectivity index (χ2v) is 9.59. The smallest absolute Gasteiger partial charge is 0.326 e. The molecule has 0 saturated carbocycles. The van der Waals surface area contributed by atoms with Crippen LogP contribution >= 0.6 is 0 Å². The highest BCUT2D eigenvalue weighted by Crippen LogP contribution is 2.23. The summed E-state index contributed by atoms with van der Waals surface area (Å²) in [5.41, 5.74) is 0.384. The van der Waals surface area contributed by atoms with E-state index in [0.717, 1.165) is 9.80 Å². The van der Waals surface area contributed by atoms with Gasteiger partial charge in [-0.25, -0.2) is 9.59 Å². The molecule has 2 aromatic heterocycles. The minimum atomic E-state index is -1.24. The number of carboxylic acid groups (broad SMARTS) is 2. The molecule has 14 heteroatoms. The maximum absolute atomic E-state index is 12.9. The summed E-state index contributed by atoms with van der Waals surface area (Å²) in [5, 5.41) is 24.6. The van der Waals surface area contributed by atoms with Crippen molar-refractivity contribution < 1.29 is 43.4 Å². The predicted octanol–water partition coefficient (Wildman–Crippen LogP) is -0.334. The fourth-order valence-electron chi connectivity index (χ4n) is 5.02. The minimum Gasteiger partial charge on any atom is -0.480 e. The van der Waals surface area contributed by atoms with Crippen LogP contribution in [0.3, 0.4) is 0 Å². The van der Waals surface area contributed by atoms with Gasteiger partial charge in [0.2, 0.25) is 11.8 Å². The van der Waals surface area contributed by atoms with E-state index in [9.17, 15) is 39.0 Å². The molecular weight excluding hydrogens is 514 g/mol. The highest BCUT2D eigenvalue weighted by atomic mass is 16.4. The Kier molecular flexibility index (Phi) is 8.02. The number of amides is 4. The van der Waals surface area contributed by atoms with Gasteiger partial charge in [-0.2, -0.15) is 0 Å². The summed E-state index contributed by atoms with van der Waals surface area (Å²) < 4.78 is 6.64. The van der Waals surface area contributed by atoms with Crippen molar-refractivity contribution in [3.63, 3.8) is 0 Å². The molecule has 0 aliphatic carbocycles. The van der Waals surface area contributed by atoms with E-state index in [1.807, 2.05) is 0 Å². The monoisotopic (exact) mass is 543 g/mol. The van der Waals surface area contributed by atoms with Crippen LogP contribution in [-0.2, 0) is 26.2 Å². The Hall–Kier alpha value is -4.62. The maximum atomic E-state index is 12.9. The fourth-order valence-corrected chi connectivity index (χ4v) is 5.02. The van der Waals surface area contributed by atoms with E-state index < -0.39 is 59.7 Å². The molecule has 39 heavy (non-hydrogen) atoms. The Bertz CT molecular complexity index is 1270. The number of aliphatic carboxylic acids is 2. The van der Waals surface area contributed by atoms with E-state index in [-0.39, 0.29) is 44.5 Å². The van der Waals surface area contributed by atoms with Gasteiger partial charge in [0.15, 0.2) is 5.76 Å². The summed E-state index contributed by atoms with van der Waals surface area (Å²) in [5.74, 6) is -4.57. The largest absolute Gasteiger partial charge is 0.480 e. The van der Waals surface area contributed by atoms with Crippen LogP contribution in [0.5, 0.6) is 0 Å². The number of furan rings is 1. The molecule has 4 heterocycles. The number of aromatic nitrogens is 1. The number of carboxylic acids is 2. The van der Waals surface area contributed by atoms with Gasteiger partial charge in [-0.1, -0.05) is 0 Å². The molecule has 14 nitrogen and oxygen atoms in total. The van der Waals surface area contributed by atoms with Crippen LogP contribution in [0.4, 0.5) is 0 Å². The first kappa shape index (κ1) is 27.4. The number of hydrogen-bond acceptors (Lipinski definition) is 7. The zero-order valence-corrected chi connectivity index (χ0v) is 21.1. The molecule has 4 rings (SSSR count). The molecular formula is C25H29N5O9. The van der Waals surface area contributed by atoms with Gasteiger partial charge in [-0.15, -0.1) is 0 Å². The second kappa shape index (κ2) is 11.4. The van der Waals surface area contributed by atoms with Crippen LogP contribution < -0.4 is 10.6 Å². The Morgan fingerprint density at radius 2 is 1.38 bits per heavy atom. The molecule has 4 unspecified atom stereocenters.